The predicted molar refractivity (Wildman–Crippen MR) is 90.2 cm³/mol. The van der Waals surface area contributed by atoms with Gasteiger partial charge in [0.2, 0.25) is 0 Å². The highest BCUT2D eigenvalue weighted by molar-refractivity contribution is 8.00. The first-order valence-corrected chi connectivity index (χ1v) is 8.78. The molecular weight excluding hydrogens is 296 g/mol. The molecule has 1 saturated heterocycles. The topological polar surface area (TPSA) is 56.5 Å². The molecular formula is C17H24N2O2S. The largest absolute Gasteiger partial charge is 0.491 e. The molecule has 1 aliphatic heterocycles. The monoisotopic (exact) mass is 320 g/mol. The lowest BCUT2D eigenvalue weighted by molar-refractivity contribution is 0.0682. The molecule has 22 heavy (non-hydrogen) atoms. The van der Waals surface area contributed by atoms with Gasteiger partial charge in [-0.25, -0.2) is 0 Å². The second-order valence-electron chi connectivity index (χ2n) is 6.01. The molecule has 0 amide bonds. The van der Waals surface area contributed by atoms with Gasteiger partial charge in [-0.05, 0) is 30.2 Å². The van der Waals surface area contributed by atoms with Crippen LogP contribution in [0.3, 0.4) is 0 Å². The van der Waals surface area contributed by atoms with Crippen LogP contribution >= 0.6 is 11.8 Å². The third-order valence-corrected chi connectivity index (χ3v) is 5.36. The van der Waals surface area contributed by atoms with E-state index in [1.807, 2.05) is 11.8 Å². The van der Waals surface area contributed by atoms with Crippen molar-refractivity contribution in [2.45, 2.75) is 25.2 Å². The van der Waals surface area contributed by atoms with Gasteiger partial charge < -0.3 is 9.84 Å². The Kier molecular flexibility index (Phi) is 6.56. The maximum absolute atomic E-state index is 10.2. The molecule has 0 spiro atoms. The van der Waals surface area contributed by atoms with Crippen LogP contribution in [0.25, 0.3) is 0 Å². The number of nitrogens with zero attached hydrogens (tertiary/aromatic N) is 2. The highest BCUT2D eigenvalue weighted by Gasteiger charge is 2.24. The van der Waals surface area contributed by atoms with Crippen molar-refractivity contribution in [1.29, 1.82) is 5.26 Å². The molecule has 0 radical (unpaired) electrons. The fraction of sp³-hybridized carbons (Fsp3) is 0.588. The van der Waals surface area contributed by atoms with E-state index in [-0.39, 0.29) is 6.61 Å². The lowest BCUT2D eigenvalue weighted by Crippen LogP contribution is -2.44. The van der Waals surface area contributed by atoms with Crippen molar-refractivity contribution in [3.05, 3.63) is 29.8 Å². The van der Waals surface area contributed by atoms with Gasteiger partial charge in [0.15, 0.2) is 0 Å². The van der Waals surface area contributed by atoms with Crippen molar-refractivity contribution in [1.82, 2.24) is 4.90 Å². The third kappa shape index (κ3) is 5.20. The number of hydrogen-bond donors (Lipinski definition) is 1. The van der Waals surface area contributed by atoms with Crippen LogP contribution in [0.5, 0.6) is 5.75 Å². The van der Waals surface area contributed by atoms with E-state index in [9.17, 15) is 5.11 Å². The molecule has 4 nitrogen and oxygen atoms in total. The van der Waals surface area contributed by atoms with Gasteiger partial charge >= 0.3 is 0 Å². The van der Waals surface area contributed by atoms with E-state index in [1.165, 1.54) is 0 Å². The summed E-state index contributed by atoms with van der Waals surface area (Å²) in [4.78, 5) is 2.33. The number of nitriles is 1. The van der Waals surface area contributed by atoms with Crippen LogP contribution in [0.15, 0.2) is 24.3 Å². The molecule has 0 aliphatic carbocycles. The fourth-order valence-corrected chi connectivity index (χ4v) is 3.84. The summed E-state index contributed by atoms with van der Waals surface area (Å²) in [6, 6.07) is 9.03. The van der Waals surface area contributed by atoms with Crippen molar-refractivity contribution in [3.8, 4) is 11.8 Å². The van der Waals surface area contributed by atoms with Crippen molar-refractivity contribution < 1.29 is 9.84 Å². The lowest BCUT2D eigenvalue weighted by atomic mass is 10.1. The van der Waals surface area contributed by atoms with Crippen LogP contribution in [0.4, 0.5) is 0 Å². The number of thioether (sulfide) groups is 1. The molecule has 2 atom stereocenters. The summed E-state index contributed by atoms with van der Waals surface area (Å²) in [5.41, 5.74) is 0.610. The van der Waals surface area contributed by atoms with E-state index in [0.29, 0.717) is 29.0 Å². The second-order valence-corrected chi connectivity index (χ2v) is 7.36. The Morgan fingerprint density at radius 3 is 2.77 bits per heavy atom. The first-order chi connectivity index (χ1) is 10.6. The van der Waals surface area contributed by atoms with Crippen molar-refractivity contribution in [2.75, 3.05) is 32.0 Å². The van der Waals surface area contributed by atoms with Gasteiger partial charge in [-0.2, -0.15) is 17.0 Å². The standard InChI is InChI=1S/C17H24N2O2S/c1-13(2)17-11-19(7-8-22-17)10-15(20)12-21-16-5-3-14(9-18)4-6-16/h3-6,13,15,17,20H,7-8,10-12H2,1-2H3. The zero-order chi connectivity index (χ0) is 15.9. The van der Waals surface area contributed by atoms with Gasteiger partial charge in [0, 0.05) is 30.6 Å². The Hall–Kier alpha value is -1.22. The molecule has 1 aromatic rings. The summed E-state index contributed by atoms with van der Waals surface area (Å²) >= 11 is 2.03. The molecule has 1 heterocycles. The molecule has 0 saturated carbocycles. The molecule has 1 aromatic carbocycles. The van der Waals surface area contributed by atoms with E-state index in [0.717, 1.165) is 18.8 Å². The maximum Gasteiger partial charge on any atom is 0.119 e. The SMILES string of the molecule is CC(C)C1CN(CC(O)COc2ccc(C#N)cc2)CCS1. The zero-order valence-corrected chi connectivity index (χ0v) is 14.1. The van der Waals surface area contributed by atoms with Gasteiger partial charge in [0.25, 0.3) is 0 Å². The van der Waals surface area contributed by atoms with E-state index in [4.69, 9.17) is 10.00 Å². The summed E-state index contributed by atoms with van der Waals surface area (Å²) < 4.78 is 5.59. The molecule has 5 heteroatoms. The van der Waals surface area contributed by atoms with Crippen LogP contribution in [0, 0.1) is 17.2 Å². The smallest absolute Gasteiger partial charge is 0.119 e. The van der Waals surface area contributed by atoms with Crippen LogP contribution in [0.2, 0.25) is 0 Å². The number of ether oxygens (including phenoxy) is 1. The van der Waals surface area contributed by atoms with Gasteiger partial charge in [-0.15, -0.1) is 0 Å². The Balaban J connectivity index is 1.75. The first kappa shape index (κ1) is 17.1. The fourth-order valence-electron chi connectivity index (χ4n) is 2.47. The second kappa shape index (κ2) is 8.42. The van der Waals surface area contributed by atoms with E-state index >= 15 is 0 Å². The first-order valence-electron chi connectivity index (χ1n) is 7.73. The molecule has 1 N–H and O–H groups in total. The molecule has 120 valence electrons. The number of rotatable bonds is 6. The molecule has 2 unspecified atom stereocenters. The van der Waals surface area contributed by atoms with Gasteiger partial charge in [-0.3, -0.25) is 4.90 Å². The molecule has 0 bridgehead atoms. The lowest BCUT2D eigenvalue weighted by Gasteiger charge is -2.35. The summed E-state index contributed by atoms with van der Waals surface area (Å²) in [6.45, 7) is 7.51. The Morgan fingerprint density at radius 2 is 2.14 bits per heavy atom. The number of aliphatic hydroxyl groups excluding tert-OH is 1. The Bertz CT molecular complexity index is 498. The van der Waals surface area contributed by atoms with Crippen molar-refractivity contribution in [2.24, 2.45) is 5.92 Å². The van der Waals surface area contributed by atoms with Crippen molar-refractivity contribution in [3.63, 3.8) is 0 Å². The highest BCUT2D eigenvalue weighted by Crippen LogP contribution is 2.24. The van der Waals surface area contributed by atoms with E-state index in [1.54, 1.807) is 24.3 Å². The van der Waals surface area contributed by atoms with E-state index < -0.39 is 6.10 Å². The van der Waals surface area contributed by atoms with Crippen LogP contribution in [-0.4, -0.2) is 53.4 Å². The average molecular weight is 320 g/mol. The number of hydrogen-bond acceptors (Lipinski definition) is 5. The number of β-amino-alcohol motifs (C(OH)–C–C–N with tert-alkyl or cyclic N) is 1. The summed E-state index contributed by atoms with van der Waals surface area (Å²) in [5, 5.41) is 19.6. The average Bonchev–Trinajstić information content (AvgIpc) is 2.53. The van der Waals surface area contributed by atoms with Gasteiger partial charge in [0.1, 0.15) is 18.5 Å². The summed E-state index contributed by atoms with van der Waals surface area (Å²) in [5.74, 6) is 2.48. The Labute approximate surface area is 137 Å². The Morgan fingerprint density at radius 1 is 1.41 bits per heavy atom. The predicted octanol–water partition coefficient (Wildman–Crippen LogP) is 2.37. The highest BCUT2D eigenvalue weighted by atomic mass is 32.2. The number of aliphatic hydroxyl groups is 1. The molecule has 0 aromatic heterocycles. The van der Waals surface area contributed by atoms with Crippen LogP contribution < -0.4 is 4.74 Å². The maximum atomic E-state index is 10.2. The zero-order valence-electron chi connectivity index (χ0n) is 13.2. The summed E-state index contributed by atoms with van der Waals surface area (Å²) in [7, 11) is 0. The van der Waals surface area contributed by atoms with E-state index in [2.05, 4.69) is 24.8 Å². The molecule has 2 rings (SSSR count). The quantitative estimate of drug-likeness (QED) is 0.872. The summed E-state index contributed by atoms with van der Waals surface area (Å²) in [6.07, 6.45) is -0.494. The molecule has 1 fully saturated rings. The van der Waals surface area contributed by atoms with Gasteiger partial charge in [-0.1, -0.05) is 13.8 Å². The van der Waals surface area contributed by atoms with Crippen molar-refractivity contribution >= 4 is 11.8 Å². The third-order valence-electron chi connectivity index (χ3n) is 3.82. The minimum atomic E-state index is -0.494. The van der Waals surface area contributed by atoms with Gasteiger partial charge in [0.05, 0.1) is 11.6 Å². The minimum Gasteiger partial charge on any atom is -0.491 e. The minimum absolute atomic E-state index is 0.280. The molecule has 1 aliphatic rings. The normalized spacial score (nSPS) is 20.6. The van der Waals surface area contributed by atoms with Crippen LogP contribution in [0.1, 0.15) is 19.4 Å². The number of benzene rings is 1. The van der Waals surface area contributed by atoms with Crippen LogP contribution in [-0.2, 0) is 0 Å².